The summed E-state index contributed by atoms with van der Waals surface area (Å²) in [5.74, 6) is 0. The van der Waals surface area contributed by atoms with E-state index >= 15 is 0 Å². The lowest BCUT2D eigenvalue weighted by Crippen LogP contribution is -2.11. The molecule has 84 valence electrons. The van der Waals surface area contributed by atoms with Gasteiger partial charge in [-0.05, 0) is 30.3 Å². The van der Waals surface area contributed by atoms with Crippen molar-refractivity contribution in [2.45, 2.75) is 0 Å². The van der Waals surface area contributed by atoms with Gasteiger partial charge in [0.25, 0.3) is 0 Å². The summed E-state index contributed by atoms with van der Waals surface area (Å²) in [7, 11) is 1.88. The second-order valence-electron chi connectivity index (χ2n) is 3.54. The fourth-order valence-electron chi connectivity index (χ4n) is 1.57. The molecule has 0 aliphatic carbocycles. The lowest BCUT2D eigenvalue weighted by atomic mass is 10.1. The lowest BCUT2D eigenvalue weighted by molar-refractivity contribution is 1.17. The number of pyridine rings is 1. The van der Waals surface area contributed by atoms with Crippen LogP contribution in [0.4, 0.5) is 11.4 Å². The minimum Gasteiger partial charge on any atom is -0.342 e. The number of rotatable bonds is 2. The fourth-order valence-corrected chi connectivity index (χ4v) is 1.73. The van der Waals surface area contributed by atoms with Gasteiger partial charge in [0.15, 0.2) is 0 Å². The Balaban J connectivity index is 2.47. The number of nitrogens with zero attached hydrogens (tertiary/aromatic N) is 3. The number of anilines is 2. The number of benzene rings is 1. The first-order valence-corrected chi connectivity index (χ1v) is 5.43. The summed E-state index contributed by atoms with van der Waals surface area (Å²) in [6.07, 6.45) is 3.45. The van der Waals surface area contributed by atoms with Crippen LogP contribution in [-0.2, 0) is 0 Å². The second kappa shape index (κ2) is 4.86. The maximum absolute atomic E-state index is 9.07. The van der Waals surface area contributed by atoms with Crippen molar-refractivity contribution in [3.8, 4) is 6.07 Å². The molecule has 0 fully saturated rings. The topological polar surface area (TPSA) is 39.9 Å². The van der Waals surface area contributed by atoms with Gasteiger partial charge in [-0.1, -0.05) is 11.6 Å². The van der Waals surface area contributed by atoms with Gasteiger partial charge in [-0.25, -0.2) is 0 Å². The first-order valence-electron chi connectivity index (χ1n) is 5.06. The van der Waals surface area contributed by atoms with Gasteiger partial charge in [-0.2, -0.15) is 5.26 Å². The molecule has 3 nitrogen and oxygen atoms in total. The molecular weight excluding hydrogens is 234 g/mol. The molecule has 4 heteroatoms. The standard InChI is InChI=1S/C13H10ClN3/c1-17(12-3-2-6-16-9-12)13-7-11(14)5-4-10(13)8-15/h2-7,9H,1H3. The van der Waals surface area contributed by atoms with E-state index in [0.29, 0.717) is 10.6 Å². The normalized spacial score (nSPS) is 9.71. The van der Waals surface area contributed by atoms with Crippen LogP contribution in [0.3, 0.4) is 0 Å². The molecule has 0 radical (unpaired) electrons. The molecule has 0 unspecified atom stereocenters. The molecule has 17 heavy (non-hydrogen) atoms. The summed E-state index contributed by atoms with van der Waals surface area (Å²) in [5.41, 5.74) is 2.26. The summed E-state index contributed by atoms with van der Waals surface area (Å²) >= 11 is 5.95. The molecule has 0 N–H and O–H groups in total. The van der Waals surface area contributed by atoms with Crippen LogP contribution < -0.4 is 4.90 Å². The highest BCUT2D eigenvalue weighted by atomic mass is 35.5. The van der Waals surface area contributed by atoms with Gasteiger partial charge in [0, 0.05) is 18.3 Å². The molecule has 2 aromatic rings. The van der Waals surface area contributed by atoms with E-state index in [4.69, 9.17) is 16.9 Å². The fraction of sp³-hybridized carbons (Fsp3) is 0.0769. The maximum atomic E-state index is 9.07. The van der Waals surface area contributed by atoms with Gasteiger partial charge in [0.05, 0.1) is 23.1 Å². The first kappa shape index (κ1) is 11.4. The third-order valence-electron chi connectivity index (χ3n) is 2.47. The molecule has 0 spiro atoms. The smallest absolute Gasteiger partial charge is 0.101 e. The molecule has 1 aromatic carbocycles. The molecule has 1 aromatic heterocycles. The second-order valence-corrected chi connectivity index (χ2v) is 3.98. The zero-order chi connectivity index (χ0) is 12.3. The lowest BCUT2D eigenvalue weighted by Gasteiger charge is -2.20. The van der Waals surface area contributed by atoms with Crippen molar-refractivity contribution < 1.29 is 0 Å². The average molecular weight is 244 g/mol. The number of aromatic nitrogens is 1. The van der Waals surface area contributed by atoms with E-state index in [1.165, 1.54) is 0 Å². The molecule has 0 saturated carbocycles. The van der Waals surface area contributed by atoms with Gasteiger partial charge >= 0.3 is 0 Å². The zero-order valence-electron chi connectivity index (χ0n) is 9.26. The van der Waals surface area contributed by atoms with Crippen LogP contribution in [0, 0.1) is 11.3 Å². The van der Waals surface area contributed by atoms with Crippen molar-refractivity contribution in [2.24, 2.45) is 0 Å². The van der Waals surface area contributed by atoms with Gasteiger partial charge in [-0.15, -0.1) is 0 Å². The molecule has 0 atom stereocenters. The van der Waals surface area contributed by atoms with Gasteiger partial charge in [-0.3, -0.25) is 4.98 Å². The van der Waals surface area contributed by atoms with Crippen LogP contribution in [0.15, 0.2) is 42.7 Å². The van der Waals surface area contributed by atoms with Crippen molar-refractivity contribution in [1.82, 2.24) is 4.98 Å². The Morgan fingerprint density at radius 3 is 2.82 bits per heavy atom. The molecule has 0 bridgehead atoms. The van der Waals surface area contributed by atoms with Crippen molar-refractivity contribution in [1.29, 1.82) is 5.26 Å². The Morgan fingerprint density at radius 2 is 2.18 bits per heavy atom. The number of hydrogen-bond acceptors (Lipinski definition) is 3. The minimum atomic E-state index is 0.584. The molecular formula is C13H10ClN3. The number of hydrogen-bond donors (Lipinski definition) is 0. The van der Waals surface area contributed by atoms with E-state index in [2.05, 4.69) is 11.1 Å². The quantitative estimate of drug-likeness (QED) is 0.812. The van der Waals surface area contributed by atoms with Crippen LogP contribution in [0.1, 0.15) is 5.56 Å². The van der Waals surface area contributed by atoms with E-state index in [-0.39, 0.29) is 0 Å². The molecule has 0 saturated heterocycles. The predicted octanol–water partition coefficient (Wildman–Crippen LogP) is 3.37. The number of halogens is 1. The van der Waals surface area contributed by atoms with Gasteiger partial charge in [0.2, 0.25) is 0 Å². The monoisotopic (exact) mass is 243 g/mol. The van der Waals surface area contributed by atoms with Crippen LogP contribution in [0.2, 0.25) is 5.02 Å². The van der Waals surface area contributed by atoms with Crippen LogP contribution in [-0.4, -0.2) is 12.0 Å². The highest BCUT2D eigenvalue weighted by Gasteiger charge is 2.09. The van der Waals surface area contributed by atoms with E-state index in [1.807, 2.05) is 24.1 Å². The Bertz CT molecular complexity index is 561. The van der Waals surface area contributed by atoms with Gasteiger partial charge < -0.3 is 4.90 Å². The Labute approximate surface area is 105 Å². The average Bonchev–Trinajstić information content (AvgIpc) is 2.39. The number of nitriles is 1. The Hall–Kier alpha value is -2.05. The highest BCUT2D eigenvalue weighted by molar-refractivity contribution is 6.30. The summed E-state index contributed by atoms with van der Waals surface area (Å²) in [6.45, 7) is 0. The van der Waals surface area contributed by atoms with Crippen LogP contribution in [0.25, 0.3) is 0 Å². The summed E-state index contributed by atoms with van der Waals surface area (Å²) in [6, 6.07) is 11.1. The highest BCUT2D eigenvalue weighted by Crippen LogP contribution is 2.28. The van der Waals surface area contributed by atoms with E-state index in [9.17, 15) is 0 Å². The summed E-state index contributed by atoms with van der Waals surface area (Å²) < 4.78 is 0. The molecule has 2 rings (SSSR count). The Kier molecular flexibility index (Phi) is 3.27. The van der Waals surface area contributed by atoms with Crippen LogP contribution >= 0.6 is 11.6 Å². The molecule has 0 aliphatic rings. The Morgan fingerprint density at radius 1 is 1.35 bits per heavy atom. The summed E-state index contributed by atoms with van der Waals surface area (Å²) in [5, 5.41) is 9.68. The largest absolute Gasteiger partial charge is 0.342 e. The summed E-state index contributed by atoms with van der Waals surface area (Å²) in [4.78, 5) is 5.94. The molecule has 0 aliphatic heterocycles. The third kappa shape index (κ3) is 2.38. The van der Waals surface area contributed by atoms with Crippen LogP contribution in [0.5, 0.6) is 0 Å². The molecule has 0 amide bonds. The maximum Gasteiger partial charge on any atom is 0.101 e. The minimum absolute atomic E-state index is 0.584. The van der Waals surface area contributed by atoms with Crippen molar-refractivity contribution in [2.75, 3.05) is 11.9 Å². The van der Waals surface area contributed by atoms with Crippen molar-refractivity contribution in [3.63, 3.8) is 0 Å². The predicted molar refractivity (Wildman–Crippen MR) is 68.5 cm³/mol. The third-order valence-corrected chi connectivity index (χ3v) is 2.71. The first-order chi connectivity index (χ1) is 8.22. The molecule has 1 heterocycles. The zero-order valence-corrected chi connectivity index (χ0v) is 10.0. The van der Waals surface area contributed by atoms with Crippen molar-refractivity contribution >= 4 is 23.0 Å². The van der Waals surface area contributed by atoms with E-state index in [1.54, 1.807) is 30.6 Å². The van der Waals surface area contributed by atoms with E-state index in [0.717, 1.165) is 11.4 Å². The van der Waals surface area contributed by atoms with Gasteiger partial charge in [0.1, 0.15) is 6.07 Å². The van der Waals surface area contributed by atoms with Crippen molar-refractivity contribution in [3.05, 3.63) is 53.3 Å². The van der Waals surface area contributed by atoms with E-state index < -0.39 is 0 Å². The SMILES string of the molecule is CN(c1cccnc1)c1cc(Cl)ccc1C#N.